The molecule has 252 valence electrons. The van der Waals surface area contributed by atoms with Crippen LogP contribution in [0.3, 0.4) is 0 Å². The molecular formula is C50H29NO2S. The average molecular weight is 708 g/mol. The summed E-state index contributed by atoms with van der Waals surface area (Å²) < 4.78 is 16.2. The largest absolute Gasteiger partial charge is 0.455 e. The summed E-state index contributed by atoms with van der Waals surface area (Å²) in [6.07, 6.45) is 0. The van der Waals surface area contributed by atoms with Crippen molar-refractivity contribution >= 4 is 114 Å². The van der Waals surface area contributed by atoms with E-state index in [0.717, 1.165) is 82.8 Å². The minimum Gasteiger partial charge on any atom is -0.455 e. The normalized spacial score (nSPS) is 12.1. The Bertz CT molecular complexity index is 3460. The van der Waals surface area contributed by atoms with Crippen LogP contribution in [0.1, 0.15) is 0 Å². The molecule has 3 heterocycles. The molecule has 0 spiro atoms. The van der Waals surface area contributed by atoms with Crippen LogP contribution in [0.25, 0.3) is 96.7 Å². The number of fused-ring (bicyclic) bond motifs is 13. The third-order valence-electron chi connectivity index (χ3n) is 11.1. The van der Waals surface area contributed by atoms with Gasteiger partial charge in [0.1, 0.15) is 16.7 Å². The number of benzene rings is 9. The first kappa shape index (κ1) is 29.7. The fraction of sp³-hybridized carbons (Fsp3) is 0. The summed E-state index contributed by atoms with van der Waals surface area (Å²) in [4.78, 5) is 2.38. The maximum absolute atomic E-state index is 6.95. The van der Waals surface area contributed by atoms with Gasteiger partial charge in [0.2, 0.25) is 0 Å². The zero-order valence-electron chi connectivity index (χ0n) is 28.9. The summed E-state index contributed by atoms with van der Waals surface area (Å²) >= 11 is 1.83. The predicted octanol–water partition coefficient (Wildman–Crippen LogP) is 15.3. The van der Waals surface area contributed by atoms with Gasteiger partial charge in [0, 0.05) is 63.7 Å². The van der Waals surface area contributed by atoms with Crippen LogP contribution in [0.4, 0.5) is 17.1 Å². The van der Waals surface area contributed by atoms with E-state index in [0.29, 0.717) is 0 Å². The van der Waals surface area contributed by atoms with Crippen molar-refractivity contribution < 1.29 is 8.83 Å². The van der Waals surface area contributed by atoms with Gasteiger partial charge >= 0.3 is 0 Å². The summed E-state index contributed by atoms with van der Waals surface area (Å²) in [6, 6.07) is 62.9. The van der Waals surface area contributed by atoms with Crippen LogP contribution in [0, 0.1) is 0 Å². The van der Waals surface area contributed by atoms with Crippen molar-refractivity contribution in [2.45, 2.75) is 0 Å². The van der Waals surface area contributed by atoms with Gasteiger partial charge in [-0.3, -0.25) is 0 Å². The monoisotopic (exact) mass is 707 g/mol. The molecule has 0 saturated heterocycles. The Kier molecular flexibility index (Phi) is 6.21. The van der Waals surface area contributed by atoms with Gasteiger partial charge in [-0.1, -0.05) is 127 Å². The van der Waals surface area contributed by atoms with Gasteiger partial charge in [0.05, 0.1) is 11.4 Å². The number of furan rings is 2. The molecule has 0 bridgehead atoms. The van der Waals surface area contributed by atoms with E-state index in [1.807, 2.05) is 11.3 Å². The van der Waals surface area contributed by atoms with Crippen molar-refractivity contribution in [2.75, 3.05) is 4.90 Å². The number of nitrogens with zero attached hydrogens (tertiary/aromatic N) is 1. The molecule has 9 aromatic carbocycles. The van der Waals surface area contributed by atoms with Crippen molar-refractivity contribution in [1.29, 1.82) is 0 Å². The zero-order valence-corrected chi connectivity index (χ0v) is 29.7. The van der Waals surface area contributed by atoms with Crippen molar-refractivity contribution in [1.82, 2.24) is 0 Å². The quantitative estimate of drug-likeness (QED) is 0.182. The Morgan fingerprint density at radius 3 is 1.63 bits per heavy atom. The van der Waals surface area contributed by atoms with E-state index in [2.05, 4.69) is 181 Å². The number of thiophene rings is 1. The van der Waals surface area contributed by atoms with Crippen LogP contribution >= 0.6 is 11.3 Å². The third kappa shape index (κ3) is 4.23. The highest BCUT2D eigenvalue weighted by atomic mass is 32.1. The van der Waals surface area contributed by atoms with Gasteiger partial charge < -0.3 is 13.7 Å². The molecule has 4 heteroatoms. The molecule has 0 saturated carbocycles. The Hall–Kier alpha value is -6.88. The standard InChI is InChI=1S/C50H29NO2S/c1-3-12-34-30(10-1)24-28-39-37-16-7-15-36(47(37)52-48(34)39)32-22-26-33(27-23-32)51(42-18-9-21-45-46(42)41-14-5-6-20-44(41)54-45)43-19-8-17-38-40-29-25-31-11-2-4-13-35(31)49(40)53-50(38)43/h1-29H. The lowest BCUT2D eigenvalue weighted by atomic mass is 10.0. The molecule has 0 unspecified atom stereocenters. The van der Waals surface area contributed by atoms with Crippen LogP contribution in [-0.2, 0) is 0 Å². The topological polar surface area (TPSA) is 29.5 Å². The minimum atomic E-state index is 0.865. The average Bonchev–Trinajstić information content (AvgIpc) is 3.94. The first-order valence-corrected chi connectivity index (χ1v) is 19.1. The van der Waals surface area contributed by atoms with Gasteiger partial charge in [-0.15, -0.1) is 11.3 Å². The van der Waals surface area contributed by atoms with Gasteiger partial charge in [0.25, 0.3) is 0 Å². The highest BCUT2D eigenvalue weighted by molar-refractivity contribution is 7.26. The number of anilines is 3. The molecule has 0 aliphatic heterocycles. The van der Waals surface area contributed by atoms with Crippen molar-refractivity contribution in [2.24, 2.45) is 0 Å². The lowest BCUT2D eigenvalue weighted by Crippen LogP contribution is -2.10. The fourth-order valence-corrected chi connectivity index (χ4v) is 9.71. The molecule has 0 N–H and O–H groups in total. The highest BCUT2D eigenvalue weighted by Crippen LogP contribution is 2.48. The van der Waals surface area contributed by atoms with Crippen LogP contribution in [0.5, 0.6) is 0 Å². The van der Waals surface area contributed by atoms with Gasteiger partial charge in [-0.2, -0.15) is 0 Å². The van der Waals surface area contributed by atoms with E-state index < -0.39 is 0 Å². The first-order chi connectivity index (χ1) is 26.8. The molecular weight excluding hydrogens is 679 g/mol. The molecule has 12 aromatic rings. The van der Waals surface area contributed by atoms with E-state index in [1.54, 1.807) is 0 Å². The second-order valence-electron chi connectivity index (χ2n) is 14.0. The predicted molar refractivity (Wildman–Crippen MR) is 229 cm³/mol. The summed E-state index contributed by atoms with van der Waals surface area (Å²) in [7, 11) is 0. The van der Waals surface area contributed by atoms with E-state index in [9.17, 15) is 0 Å². The second kappa shape index (κ2) is 11.3. The van der Waals surface area contributed by atoms with Crippen molar-refractivity contribution in [3.05, 3.63) is 176 Å². The number of para-hydroxylation sites is 2. The van der Waals surface area contributed by atoms with E-state index in [1.165, 1.54) is 30.9 Å². The summed E-state index contributed by atoms with van der Waals surface area (Å²) in [5, 5.41) is 11.6. The van der Waals surface area contributed by atoms with Crippen molar-refractivity contribution in [3.63, 3.8) is 0 Å². The lowest BCUT2D eigenvalue weighted by molar-refractivity contribution is 0.673. The van der Waals surface area contributed by atoms with E-state index >= 15 is 0 Å². The van der Waals surface area contributed by atoms with E-state index in [-0.39, 0.29) is 0 Å². The molecule has 0 atom stereocenters. The minimum absolute atomic E-state index is 0.865. The van der Waals surface area contributed by atoms with Gasteiger partial charge in [-0.05, 0) is 64.9 Å². The number of hydrogen-bond donors (Lipinski definition) is 0. The number of hydrogen-bond acceptors (Lipinski definition) is 4. The first-order valence-electron chi connectivity index (χ1n) is 18.3. The maximum atomic E-state index is 6.95. The van der Waals surface area contributed by atoms with Gasteiger partial charge in [0.15, 0.2) is 5.58 Å². The van der Waals surface area contributed by atoms with Crippen molar-refractivity contribution in [3.8, 4) is 11.1 Å². The van der Waals surface area contributed by atoms with E-state index in [4.69, 9.17) is 8.83 Å². The molecule has 0 fully saturated rings. The zero-order chi connectivity index (χ0) is 35.3. The highest BCUT2D eigenvalue weighted by Gasteiger charge is 2.23. The summed E-state index contributed by atoms with van der Waals surface area (Å²) in [5.41, 5.74) is 8.94. The smallest absolute Gasteiger partial charge is 0.159 e. The van der Waals surface area contributed by atoms with Crippen LogP contribution in [0.2, 0.25) is 0 Å². The van der Waals surface area contributed by atoms with Gasteiger partial charge in [-0.25, -0.2) is 0 Å². The molecule has 0 aliphatic carbocycles. The SMILES string of the molecule is c1ccc2c(c1)ccc1c3cccc(-c4ccc(N(c5cccc6c5oc5c7ccccc7ccc65)c5cccc6sc7ccccc7c56)cc4)c3oc21. The molecule has 0 amide bonds. The molecule has 3 aromatic heterocycles. The van der Waals surface area contributed by atoms with Crippen LogP contribution in [0.15, 0.2) is 185 Å². The second-order valence-corrected chi connectivity index (χ2v) is 15.1. The molecule has 12 rings (SSSR count). The Morgan fingerprint density at radius 2 is 0.889 bits per heavy atom. The lowest BCUT2D eigenvalue weighted by Gasteiger charge is -2.26. The third-order valence-corrected chi connectivity index (χ3v) is 12.2. The number of rotatable bonds is 4. The Morgan fingerprint density at radius 1 is 0.352 bits per heavy atom. The molecule has 54 heavy (non-hydrogen) atoms. The Balaban J connectivity index is 1.09. The summed E-state index contributed by atoms with van der Waals surface area (Å²) in [5.74, 6) is 0. The summed E-state index contributed by atoms with van der Waals surface area (Å²) in [6.45, 7) is 0. The fourth-order valence-electron chi connectivity index (χ4n) is 8.58. The molecule has 0 radical (unpaired) electrons. The Labute approximate surface area is 313 Å². The molecule has 3 nitrogen and oxygen atoms in total. The molecule has 0 aliphatic rings. The maximum Gasteiger partial charge on any atom is 0.159 e. The van der Waals surface area contributed by atoms with Crippen LogP contribution < -0.4 is 4.90 Å². The van der Waals surface area contributed by atoms with Crippen LogP contribution in [-0.4, -0.2) is 0 Å².